The summed E-state index contributed by atoms with van der Waals surface area (Å²) in [6, 6.07) is 27.1. The van der Waals surface area contributed by atoms with E-state index in [2.05, 4.69) is 5.32 Å². The van der Waals surface area contributed by atoms with E-state index in [-0.39, 0.29) is 5.92 Å². The van der Waals surface area contributed by atoms with E-state index in [1.54, 1.807) is 0 Å². The highest BCUT2D eigenvalue weighted by Gasteiger charge is 2.47. The highest BCUT2D eigenvalue weighted by Crippen LogP contribution is 2.53. The van der Waals surface area contributed by atoms with Crippen LogP contribution >= 0.6 is 7.14 Å². The number of aliphatic hydroxyl groups excluding tert-OH is 1. The number of carbonyl (C=O) groups excluding carboxylic acids is 1. The van der Waals surface area contributed by atoms with Crippen LogP contribution in [0.2, 0.25) is 0 Å². The third kappa shape index (κ3) is 5.62. The van der Waals surface area contributed by atoms with E-state index in [1.165, 1.54) is 7.11 Å². The Morgan fingerprint density at radius 3 is 1.76 bits per heavy atom. The van der Waals surface area contributed by atoms with Crippen LogP contribution in [0.15, 0.2) is 91.0 Å². The van der Waals surface area contributed by atoms with Crippen LogP contribution in [-0.4, -0.2) is 36.0 Å². The first-order valence-electron chi connectivity index (χ1n) is 11.1. The zero-order valence-corrected chi connectivity index (χ0v) is 20.2. The first-order valence-corrected chi connectivity index (χ1v) is 12.9. The second-order valence-electron chi connectivity index (χ2n) is 8.42. The van der Waals surface area contributed by atoms with Crippen molar-refractivity contribution in [3.8, 4) is 0 Å². The molecule has 0 aliphatic rings. The molecule has 0 bridgehead atoms. The monoisotopic (exact) mass is 465 g/mol. The van der Waals surface area contributed by atoms with E-state index >= 15 is 0 Å². The summed E-state index contributed by atoms with van der Waals surface area (Å²) in [5.74, 6) is -0.770. The van der Waals surface area contributed by atoms with Crippen molar-refractivity contribution < 1.29 is 19.2 Å². The maximum atomic E-state index is 14.9. The Hall–Kier alpha value is -2.72. The van der Waals surface area contributed by atoms with Crippen LogP contribution in [0.5, 0.6) is 0 Å². The van der Waals surface area contributed by atoms with Crippen molar-refractivity contribution in [1.29, 1.82) is 0 Å². The number of hydrogen-bond donors (Lipinski definition) is 2. The standard InChI is InChI=1S/C27H32NO4P/c1-20(2)26(25(29)24(27(30)32-3)28-19-21-13-7-4-8-14-21)33(31,22-15-9-5-10-16-22)23-17-11-6-12-18-23/h4-18,20,24-26,28-29H,19H2,1-3H3/t24-,25+,26-/m1/s1. The van der Waals surface area contributed by atoms with Crippen LogP contribution in [0, 0.1) is 5.92 Å². The molecule has 0 amide bonds. The van der Waals surface area contributed by atoms with Gasteiger partial charge in [-0.1, -0.05) is 105 Å². The first-order chi connectivity index (χ1) is 15.9. The molecule has 0 aromatic heterocycles. The largest absolute Gasteiger partial charge is 0.468 e. The summed E-state index contributed by atoms with van der Waals surface area (Å²) in [4.78, 5) is 12.8. The van der Waals surface area contributed by atoms with E-state index in [0.29, 0.717) is 17.2 Å². The number of esters is 1. The Morgan fingerprint density at radius 1 is 0.879 bits per heavy atom. The normalized spacial score (nSPS) is 14.5. The van der Waals surface area contributed by atoms with Crippen LogP contribution in [0.25, 0.3) is 0 Å². The van der Waals surface area contributed by atoms with E-state index in [4.69, 9.17) is 4.74 Å². The molecule has 0 heterocycles. The first kappa shape index (κ1) is 24.9. The van der Waals surface area contributed by atoms with E-state index in [1.807, 2.05) is 105 Å². The molecule has 0 radical (unpaired) electrons. The predicted octanol–water partition coefficient (Wildman–Crippen LogP) is 3.72. The predicted molar refractivity (Wildman–Crippen MR) is 133 cm³/mol. The number of benzene rings is 3. The van der Waals surface area contributed by atoms with Crippen molar-refractivity contribution in [3.63, 3.8) is 0 Å². The summed E-state index contributed by atoms with van der Waals surface area (Å²) in [5.41, 5.74) is 0.253. The number of nitrogens with one attached hydrogen (secondary N) is 1. The molecule has 174 valence electrons. The summed E-state index contributed by atoms with van der Waals surface area (Å²) < 4.78 is 20.0. The molecule has 0 saturated heterocycles. The number of aliphatic hydroxyl groups is 1. The summed E-state index contributed by atoms with van der Waals surface area (Å²) in [6.07, 6.45) is -1.24. The van der Waals surface area contributed by atoms with Crippen LogP contribution in [0.3, 0.4) is 0 Å². The maximum absolute atomic E-state index is 14.9. The number of rotatable bonds is 10. The second kappa shape index (κ2) is 11.4. The molecular formula is C27H32NO4P. The molecule has 3 rings (SSSR count). The summed E-state index contributed by atoms with van der Waals surface area (Å²) >= 11 is 0. The third-order valence-electron chi connectivity index (χ3n) is 5.90. The van der Waals surface area contributed by atoms with Gasteiger partial charge >= 0.3 is 5.97 Å². The Labute approximate surface area is 196 Å². The third-order valence-corrected chi connectivity index (χ3v) is 9.77. The molecule has 5 nitrogen and oxygen atoms in total. The average molecular weight is 466 g/mol. The smallest absolute Gasteiger partial charge is 0.325 e. The fourth-order valence-electron chi connectivity index (χ4n) is 4.31. The second-order valence-corrected chi connectivity index (χ2v) is 11.4. The van der Waals surface area contributed by atoms with Gasteiger partial charge in [-0.25, -0.2) is 0 Å². The highest BCUT2D eigenvalue weighted by atomic mass is 31.2. The van der Waals surface area contributed by atoms with Gasteiger partial charge in [-0.15, -0.1) is 0 Å². The molecule has 3 aromatic rings. The van der Waals surface area contributed by atoms with Gasteiger partial charge in [-0.3, -0.25) is 10.1 Å². The van der Waals surface area contributed by atoms with E-state index in [0.717, 1.165) is 5.56 Å². The molecule has 6 heteroatoms. The fraction of sp³-hybridized carbons (Fsp3) is 0.296. The SMILES string of the molecule is COC(=O)[C@H](NCc1ccccc1)[C@H](O)[C@@H](C(C)C)P(=O)(c1ccccc1)c1ccccc1. The molecule has 0 spiro atoms. The van der Waals surface area contributed by atoms with Gasteiger partial charge in [0.25, 0.3) is 0 Å². The molecule has 0 aliphatic heterocycles. The van der Waals surface area contributed by atoms with Crippen LogP contribution < -0.4 is 15.9 Å². The molecule has 0 fully saturated rings. The highest BCUT2D eigenvalue weighted by molar-refractivity contribution is 7.79. The van der Waals surface area contributed by atoms with Crippen LogP contribution in [-0.2, 0) is 20.6 Å². The Morgan fingerprint density at radius 2 is 1.33 bits per heavy atom. The van der Waals surface area contributed by atoms with Gasteiger partial charge in [-0.05, 0) is 11.5 Å². The lowest BCUT2D eigenvalue weighted by atomic mass is 9.99. The average Bonchev–Trinajstić information content (AvgIpc) is 2.85. The van der Waals surface area contributed by atoms with Gasteiger partial charge in [0.15, 0.2) is 0 Å². The van der Waals surface area contributed by atoms with Crippen molar-refractivity contribution in [1.82, 2.24) is 5.32 Å². The van der Waals surface area contributed by atoms with Crippen molar-refractivity contribution in [2.24, 2.45) is 5.92 Å². The van der Waals surface area contributed by atoms with Crippen LogP contribution in [0.1, 0.15) is 19.4 Å². The van der Waals surface area contributed by atoms with Gasteiger partial charge in [0.2, 0.25) is 0 Å². The lowest BCUT2D eigenvalue weighted by molar-refractivity contribution is -0.146. The quantitative estimate of drug-likeness (QED) is 0.353. The van der Waals surface area contributed by atoms with Crippen LogP contribution in [0.4, 0.5) is 0 Å². The fourth-order valence-corrected chi connectivity index (χ4v) is 7.97. The van der Waals surface area contributed by atoms with E-state index < -0.39 is 30.9 Å². The van der Waals surface area contributed by atoms with Crippen molar-refractivity contribution in [2.75, 3.05) is 7.11 Å². The number of carbonyl (C=O) groups is 1. The number of methoxy groups -OCH3 is 1. The van der Waals surface area contributed by atoms with Gasteiger partial charge < -0.3 is 14.4 Å². The number of ether oxygens (including phenoxy) is 1. The van der Waals surface area contributed by atoms with Crippen molar-refractivity contribution in [2.45, 2.75) is 38.2 Å². The van der Waals surface area contributed by atoms with Crippen molar-refractivity contribution in [3.05, 3.63) is 96.6 Å². The Bertz CT molecular complexity index is 1010. The van der Waals surface area contributed by atoms with Gasteiger partial charge in [0, 0.05) is 17.2 Å². The van der Waals surface area contributed by atoms with Crippen molar-refractivity contribution >= 4 is 23.7 Å². The molecule has 0 aliphatic carbocycles. The molecule has 0 saturated carbocycles. The minimum Gasteiger partial charge on any atom is -0.468 e. The summed E-state index contributed by atoms with van der Waals surface area (Å²) in [6.45, 7) is 4.22. The van der Waals surface area contributed by atoms with Gasteiger partial charge in [0.05, 0.1) is 18.9 Å². The van der Waals surface area contributed by atoms with Gasteiger partial charge in [0.1, 0.15) is 13.2 Å². The lowest BCUT2D eigenvalue weighted by Gasteiger charge is -2.37. The Kier molecular flexibility index (Phi) is 8.62. The molecule has 33 heavy (non-hydrogen) atoms. The minimum atomic E-state index is -3.34. The molecular weight excluding hydrogens is 433 g/mol. The van der Waals surface area contributed by atoms with E-state index in [9.17, 15) is 14.5 Å². The van der Waals surface area contributed by atoms with Gasteiger partial charge in [-0.2, -0.15) is 0 Å². The minimum absolute atomic E-state index is 0.183. The zero-order chi connectivity index (χ0) is 23.8. The molecule has 2 N–H and O–H groups in total. The maximum Gasteiger partial charge on any atom is 0.325 e. The molecule has 3 aromatic carbocycles. The zero-order valence-electron chi connectivity index (χ0n) is 19.3. The molecule has 0 unspecified atom stereocenters. The number of hydrogen-bond acceptors (Lipinski definition) is 5. The lowest BCUT2D eigenvalue weighted by Crippen LogP contribution is -2.54. The topological polar surface area (TPSA) is 75.6 Å². The summed E-state index contributed by atoms with van der Waals surface area (Å²) in [7, 11) is -2.05. The Balaban J connectivity index is 2.06. The molecule has 3 atom stereocenters. The summed E-state index contributed by atoms with van der Waals surface area (Å²) in [5, 5.41) is 16.1.